The molecule has 0 radical (unpaired) electrons. The van der Waals surface area contributed by atoms with Gasteiger partial charge in [-0.1, -0.05) is 38.8 Å². The maximum atomic E-state index is 11.4. The minimum Gasteiger partial charge on any atom is -0.410 e. The lowest BCUT2D eigenvalue weighted by molar-refractivity contribution is 0.200. The lowest BCUT2D eigenvalue weighted by atomic mass is 10.2. The quantitative estimate of drug-likeness (QED) is 0.766. The normalized spacial score (nSPS) is 10.0. The van der Waals surface area contributed by atoms with E-state index in [1.165, 1.54) is 5.56 Å². The van der Waals surface area contributed by atoms with Gasteiger partial charge in [-0.3, -0.25) is 0 Å². The van der Waals surface area contributed by atoms with Crippen LogP contribution in [0.25, 0.3) is 0 Å². The van der Waals surface area contributed by atoms with E-state index >= 15 is 0 Å². The number of unbranched alkanes of at least 4 members (excludes halogenated alkanes) is 2. The van der Waals surface area contributed by atoms with Crippen LogP contribution in [0, 0.1) is 0 Å². The Kier molecular flexibility index (Phi) is 6.15. The van der Waals surface area contributed by atoms with E-state index in [4.69, 9.17) is 4.74 Å². The van der Waals surface area contributed by atoms with E-state index in [9.17, 15) is 4.79 Å². The summed E-state index contributed by atoms with van der Waals surface area (Å²) in [6.45, 7) is 4.91. The van der Waals surface area contributed by atoms with E-state index in [0.29, 0.717) is 12.3 Å². The Balaban J connectivity index is 2.29. The van der Waals surface area contributed by atoms with Gasteiger partial charge in [-0.25, -0.2) is 4.79 Å². The summed E-state index contributed by atoms with van der Waals surface area (Å²) in [5.41, 5.74) is 1.24. The van der Waals surface area contributed by atoms with E-state index in [2.05, 4.69) is 19.2 Å². The number of nitrogens with one attached hydrogen (secondary N) is 1. The van der Waals surface area contributed by atoms with Gasteiger partial charge >= 0.3 is 6.09 Å². The van der Waals surface area contributed by atoms with E-state index in [1.54, 1.807) is 0 Å². The third kappa shape index (κ3) is 5.38. The molecule has 0 unspecified atom stereocenters. The van der Waals surface area contributed by atoms with Crippen LogP contribution in [0.1, 0.15) is 38.7 Å². The summed E-state index contributed by atoms with van der Waals surface area (Å²) in [4.78, 5) is 11.4. The van der Waals surface area contributed by atoms with Crippen LogP contribution in [0.2, 0.25) is 0 Å². The van der Waals surface area contributed by atoms with Crippen molar-refractivity contribution >= 4 is 6.09 Å². The zero-order chi connectivity index (χ0) is 12.5. The molecule has 0 saturated heterocycles. The summed E-state index contributed by atoms with van der Waals surface area (Å²) < 4.78 is 5.14. The van der Waals surface area contributed by atoms with Crippen molar-refractivity contribution in [1.82, 2.24) is 5.32 Å². The lowest BCUT2D eigenvalue weighted by Gasteiger charge is -2.06. The van der Waals surface area contributed by atoms with Crippen LogP contribution < -0.4 is 10.1 Å². The number of ether oxygens (including phenoxy) is 1. The summed E-state index contributed by atoms with van der Waals surface area (Å²) >= 11 is 0. The SMILES string of the molecule is CCCCCNC(=O)Oc1ccc(CC)cc1. The number of carbonyl (C=O) groups is 1. The highest BCUT2D eigenvalue weighted by Gasteiger charge is 2.02. The fourth-order valence-electron chi connectivity index (χ4n) is 1.50. The van der Waals surface area contributed by atoms with Crippen LogP contribution in [0.3, 0.4) is 0 Å². The number of hydrogen-bond acceptors (Lipinski definition) is 2. The largest absolute Gasteiger partial charge is 0.412 e. The molecule has 0 saturated carbocycles. The molecule has 0 aliphatic heterocycles. The zero-order valence-electron chi connectivity index (χ0n) is 10.7. The second kappa shape index (κ2) is 7.71. The molecule has 0 heterocycles. The molecule has 3 heteroatoms. The van der Waals surface area contributed by atoms with E-state index in [-0.39, 0.29) is 6.09 Å². The Labute approximate surface area is 103 Å². The van der Waals surface area contributed by atoms with Crippen LogP contribution in [-0.2, 0) is 6.42 Å². The molecule has 94 valence electrons. The van der Waals surface area contributed by atoms with Gasteiger partial charge in [-0.05, 0) is 30.5 Å². The lowest BCUT2D eigenvalue weighted by Crippen LogP contribution is -2.27. The predicted octanol–water partition coefficient (Wildman–Crippen LogP) is 3.53. The first-order valence-electron chi connectivity index (χ1n) is 6.31. The molecule has 0 aromatic heterocycles. The van der Waals surface area contributed by atoms with Crippen LogP contribution in [0.4, 0.5) is 4.79 Å². The van der Waals surface area contributed by atoms with Crippen molar-refractivity contribution in [3.63, 3.8) is 0 Å². The van der Waals surface area contributed by atoms with Crippen molar-refractivity contribution in [2.45, 2.75) is 39.5 Å². The third-order valence-electron chi connectivity index (χ3n) is 2.59. The van der Waals surface area contributed by atoms with Gasteiger partial charge in [0.1, 0.15) is 5.75 Å². The van der Waals surface area contributed by atoms with Gasteiger partial charge < -0.3 is 10.1 Å². The van der Waals surface area contributed by atoms with Crippen LogP contribution >= 0.6 is 0 Å². The van der Waals surface area contributed by atoms with Gasteiger partial charge in [0.05, 0.1) is 0 Å². The molecule has 0 atom stereocenters. The fraction of sp³-hybridized carbons (Fsp3) is 0.500. The summed E-state index contributed by atoms with van der Waals surface area (Å²) in [7, 11) is 0. The monoisotopic (exact) mass is 235 g/mol. The Morgan fingerprint density at radius 2 is 1.88 bits per heavy atom. The van der Waals surface area contributed by atoms with Crippen LogP contribution in [-0.4, -0.2) is 12.6 Å². The summed E-state index contributed by atoms with van der Waals surface area (Å²) in [6.07, 6.45) is 3.90. The number of hydrogen-bond donors (Lipinski definition) is 1. The molecule has 0 aliphatic rings. The average Bonchev–Trinajstić information content (AvgIpc) is 2.36. The maximum Gasteiger partial charge on any atom is 0.412 e. The summed E-state index contributed by atoms with van der Waals surface area (Å²) in [5.74, 6) is 0.593. The molecule has 1 rings (SSSR count). The average molecular weight is 235 g/mol. The molecule has 0 aliphatic carbocycles. The molecule has 0 fully saturated rings. The van der Waals surface area contributed by atoms with E-state index < -0.39 is 0 Å². The zero-order valence-corrected chi connectivity index (χ0v) is 10.7. The van der Waals surface area contributed by atoms with E-state index in [1.807, 2.05) is 24.3 Å². The molecular formula is C14H21NO2. The Morgan fingerprint density at radius 1 is 1.18 bits per heavy atom. The van der Waals surface area contributed by atoms with Crippen molar-refractivity contribution in [3.8, 4) is 5.75 Å². The topological polar surface area (TPSA) is 38.3 Å². The highest BCUT2D eigenvalue weighted by Crippen LogP contribution is 2.12. The van der Waals surface area contributed by atoms with Crippen LogP contribution in [0.5, 0.6) is 5.75 Å². The number of rotatable bonds is 6. The maximum absolute atomic E-state index is 11.4. The standard InChI is InChI=1S/C14H21NO2/c1-3-5-6-11-15-14(16)17-13-9-7-12(4-2)8-10-13/h7-10H,3-6,11H2,1-2H3,(H,15,16). The highest BCUT2D eigenvalue weighted by molar-refractivity contribution is 5.70. The Morgan fingerprint density at radius 3 is 2.47 bits per heavy atom. The fourth-order valence-corrected chi connectivity index (χ4v) is 1.50. The van der Waals surface area contributed by atoms with E-state index in [0.717, 1.165) is 25.7 Å². The van der Waals surface area contributed by atoms with Crippen molar-refractivity contribution in [2.75, 3.05) is 6.54 Å². The van der Waals surface area contributed by atoms with Gasteiger partial charge in [0.25, 0.3) is 0 Å². The molecule has 1 amide bonds. The minimum atomic E-state index is -0.370. The first-order valence-corrected chi connectivity index (χ1v) is 6.31. The third-order valence-corrected chi connectivity index (χ3v) is 2.59. The van der Waals surface area contributed by atoms with Crippen molar-refractivity contribution in [2.24, 2.45) is 0 Å². The first kappa shape index (κ1) is 13.6. The number of carbonyl (C=O) groups excluding carboxylic acids is 1. The molecule has 1 aromatic carbocycles. The van der Waals surface area contributed by atoms with Gasteiger partial charge in [0.15, 0.2) is 0 Å². The summed E-state index contributed by atoms with van der Waals surface area (Å²) in [5, 5.41) is 2.73. The molecule has 1 aromatic rings. The molecule has 17 heavy (non-hydrogen) atoms. The Bertz CT molecular complexity index is 333. The first-order chi connectivity index (χ1) is 8.26. The number of aryl methyl sites for hydroxylation is 1. The van der Waals surface area contributed by atoms with Crippen molar-refractivity contribution in [1.29, 1.82) is 0 Å². The number of benzene rings is 1. The van der Waals surface area contributed by atoms with Gasteiger partial charge in [0, 0.05) is 6.54 Å². The minimum absolute atomic E-state index is 0.370. The molecule has 3 nitrogen and oxygen atoms in total. The van der Waals surface area contributed by atoms with Crippen molar-refractivity contribution in [3.05, 3.63) is 29.8 Å². The number of amides is 1. The van der Waals surface area contributed by atoms with Gasteiger partial charge in [-0.2, -0.15) is 0 Å². The highest BCUT2D eigenvalue weighted by atomic mass is 16.5. The van der Waals surface area contributed by atoms with Crippen molar-refractivity contribution < 1.29 is 9.53 Å². The predicted molar refractivity (Wildman–Crippen MR) is 69.4 cm³/mol. The second-order valence-corrected chi connectivity index (χ2v) is 4.02. The Hall–Kier alpha value is -1.51. The molecule has 0 spiro atoms. The molecule has 1 N–H and O–H groups in total. The summed E-state index contributed by atoms with van der Waals surface area (Å²) in [6, 6.07) is 7.59. The van der Waals surface area contributed by atoms with Gasteiger partial charge in [-0.15, -0.1) is 0 Å². The second-order valence-electron chi connectivity index (χ2n) is 4.02. The molecular weight excluding hydrogens is 214 g/mol. The molecule has 0 bridgehead atoms. The van der Waals surface area contributed by atoms with Gasteiger partial charge in [0.2, 0.25) is 0 Å². The van der Waals surface area contributed by atoms with Crippen LogP contribution in [0.15, 0.2) is 24.3 Å². The smallest absolute Gasteiger partial charge is 0.410 e.